The lowest BCUT2D eigenvalue weighted by Crippen LogP contribution is -2.17. The number of benzene rings is 2. The Morgan fingerprint density at radius 2 is 1.82 bits per heavy atom. The van der Waals surface area contributed by atoms with Crippen LogP contribution in [-0.2, 0) is 9.59 Å². The Labute approximate surface area is 219 Å². The van der Waals surface area contributed by atoms with Crippen LogP contribution >= 0.6 is 0 Å². The van der Waals surface area contributed by atoms with Crippen LogP contribution in [0.5, 0.6) is 0 Å². The molecule has 11 nitrogen and oxygen atoms in total. The Bertz CT molecular complexity index is 1730. The molecule has 1 atom stereocenters. The van der Waals surface area contributed by atoms with E-state index in [1.165, 1.54) is 18.5 Å². The summed E-state index contributed by atoms with van der Waals surface area (Å²) in [6, 6.07) is 12.6. The second kappa shape index (κ2) is 11.8. The molecular formula is C27H22FN5O6. The number of aromatic amines is 1. The number of rotatable bonds is 7. The van der Waals surface area contributed by atoms with Crippen LogP contribution in [0.3, 0.4) is 0 Å². The summed E-state index contributed by atoms with van der Waals surface area (Å²) < 4.78 is 20.3. The molecule has 0 saturated carbocycles. The molecule has 0 aliphatic carbocycles. The number of nitrogens with one attached hydrogen (secondary N) is 2. The SMILES string of the molecule is CCC(Nc1ncnc2nc[nH]c12)c1oc2ccccc2c(=O)c1-c1cccc(F)c1.O=C(O)/C=C/C(=O)O. The fourth-order valence-electron chi connectivity index (χ4n) is 3.86. The number of nitrogens with zero attached hydrogens (tertiary/aromatic N) is 3. The van der Waals surface area contributed by atoms with Crippen molar-refractivity contribution in [2.75, 3.05) is 5.32 Å². The number of hydrogen-bond donors (Lipinski definition) is 4. The zero-order valence-corrected chi connectivity index (χ0v) is 20.5. The van der Waals surface area contributed by atoms with Crippen LogP contribution in [0.2, 0.25) is 0 Å². The molecule has 0 amide bonds. The van der Waals surface area contributed by atoms with Gasteiger partial charge in [0.2, 0.25) is 5.43 Å². The number of anilines is 1. The summed E-state index contributed by atoms with van der Waals surface area (Å²) in [6.07, 6.45) is 4.66. The molecular weight excluding hydrogens is 509 g/mol. The minimum absolute atomic E-state index is 0.211. The Morgan fingerprint density at radius 3 is 2.51 bits per heavy atom. The zero-order valence-electron chi connectivity index (χ0n) is 20.5. The lowest BCUT2D eigenvalue weighted by Gasteiger charge is -2.20. The van der Waals surface area contributed by atoms with Crippen molar-refractivity contribution in [1.82, 2.24) is 19.9 Å². The monoisotopic (exact) mass is 531 g/mol. The van der Waals surface area contributed by atoms with E-state index in [4.69, 9.17) is 14.6 Å². The molecule has 12 heteroatoms. The Balaban J connectivity index is 0.000000386. The van der Waals surface area contributed by atoms with Crippen LogP contribution in [0.4, 0.5) is 10.2 Å². The molecule has 0 bridgehead atoms. The molecule has 39 heavy (non-hydrogen) atoms. The third kappa shape index (κ3) is 6.13. The number of imidazole rings is 1. The van der Waals surface area contributed by atoms with Crippen LogP contribution in [0.25, 0.3) is 33.3 Å². The lowest BCUT2D eigenvalue weighted by atomic mass is 9.97. The molecule has 2 aromatic carbocycles. The van der Waals surface area contributed by atoms with Gasteiger partial charge in [0.05, 0.1) is 23.3 Å². The van der Waals surface area contributed by atoms with Crippen molar-refractivity contribution in [3.05, 3.63) is 95.1 Å². The maximum Gasteiger partial charge on any atom is 0.328 e. The predicted molar refractivity (Wildman–Crippen MR) is 141 cm³/mol. The van der Waals surface area contributed by atoms with Crippen molar-refractivity contribution in [3.63, 3.8) is 0 Å². The van der Waals surface area contributed by atoms with Crippen molar-refractivity contribution in [1.29, 1.82) is 0 Å². The summed E-state index contributed by atoms with van der Waals surface area (Å²) >= 11 is 0. The number of carbonyl (C=O) groups is 2. The summed E-state index contributed by atoms with van der Waals surface area (Å²) in [4.78, 5) is 48.2. The summed E-state index contributed by atoms with van der Waals surface area (Å²) in [5, 5.41) is 19.4. The molecule has 0 fully saturated rings. The molecule has 198 valence electrons. The first-order valence-corrected chi connectivity index (χ1v) is 11.6. The molecule has 5 rings (SSSR count). The number of para-hydroxylation sites is 1. The third-order valence-electron chi connectivity index (χ3n) is 5.57. The average molecular weight is 532 g/mol. The third-order valence-corrected chi connectivity index (χ3v) is 5.57. The average Bonchev–Trinajstić information content (AvgIpc) is 3.41. The van der Waals surface area contributed by atoms with Gasteiger partial charge in [-0.05, 0) is 36.2 Å². The van der Waals surface area contributed by atoms with E-state index in [0.29, 0.717) is 63.4 Å². The van der Waals surface area contributed by atoms with Gasteiger partial charge >= 0.3 is 11.9 Å². The second-order valence-electron chi connectivity index (χ2n) is 8.12. The van der Waals surface area contributed by atoms with Crippen molar-refractivity contribution in [3.8, 4) is 11.1 Å². The molecule has 0 saturated heterocycles. The number of H-pyrrole nitrogens is 1. The van der Waals surface area contributed by atoms with E-state index < -0.39 is 23.8 Å². The van der Waals surface area contributed by atoms with Gasteiger partial charge in [0.1, 0.15) is 29.0 Å². The van der Waals surface area contributed by atoms with Gasteiger partial charge in [-0.3, -0.25) is 4.79 Å². The highest BCUT2D eigenvalue weighted by Crippen LogP contribution is 2.33. The van der Waals surface area contributed by atoms with Crippen molar-refractivity contribution < 1.29 is 28.6 Å². The van der Waals surface area contributed by atoms with E-state index in [1.54, 1.807) is 36.7 Å². The van der Waals surface area contributed by atoms with Crippen molar-refractivity contribution in [2.45, 2.75) is 19.4 Å². The van der Waals surface area contributed by atoms with Crippen LogP contribution in [0.1, 0.15) is 25.1 Å². The van der Waals surface area contributed by atoms with Crippen molar-refractivity contribution >= 4 is 39.9 Å². The van der Waals surface area contributed by atoms with Crippen molar-refractivity contribution in [2.24, 2.45) is 0 Å². The van der Waals surface area contributed by atoms with Gasteiger partial charge in [0.15, 0.2) is 11.5 Å². The molecule has 0 aliphatic rings. The summed E-state index contributed by atoms with van der Waals surface area (Å²) in [7, 11) is 0. The number of carboxylic acids is 2. The topological polar surface area (TPSA) is 171 Å². The van der Waals surface area contributed by atoms with Gasteiger partial charge in [-0.2, -0.15) is 0 Å². The molecule has 3 heterocycles. The Hall–Kier alpha value is -5.39. The minimum Gasteiger partial charge on any atom is -0.478 e. The number of fused-ring (bicyclic) bond motifs is 2. The molecule has 3 aromatic heterocycles. The summed E-state index contributed by atoms with van der Waals surface area (Å²) in [6.45, 7) is 1.97. The van der Waals surface area contributed by atoms with Gasteiger partial charge in [0.25, 0.3) is 0 Å². The van der Waals surface area contributed by atoms with Crippen LogP contribution in [0, 0.1) is 5.82 Å². The first-order chi connectivity index (χ1) is 18.8. The standard InChI is InChI=1S/C23H18FN5O2.C4H4O4/c1-2-16(29-23-19-22(26-11-25-19)27-12-28-23)21-18(13-6-5-7-14(24)10-13)20(30)15-8-3-4-9-17(15)31-21;5-3(6)1-2-4(7)8/h3-12,16H,2H2,1H3,(H2,25,26,27,28,29);1-2H,(H,5,6)(H,7,8)/b;2-1+. The Kier molecular flexibility index (Phi) is 8.05. The number of hydrogen-bond acceptors (Lipinski definition) is 8. The highest BCUT2D eigenvalue weighted by Gasteiger charge is 2.24. The normalized spacial score (nSPS) is 11.7. The first kappa shape index (κ1) is 26.7. The van der Waals surface area contributed by atoms with Crippen LogP contribution < -0.4 is 10.7 Å². The lowest BCUT2D eigenvalue weighted by molar-refractivity contribution is -0.134. The minimum atomic E-state index is -1.26. The van der Waals surface area contributed by atoms with Gasteiger partial charge in [-0.25, -0.2) is 28.9 Å². The van der Waals surface area contributed by atoms with E-state index in [-0.39, 0.29) is 5.43 Å². The van der Waals surface area contributed by atoms with Gasteiger partial charge in [-0.15, -0.1) is 0 Å². The van der Waals surface area contributed by atoms with E-state index in [0.717, 1.165) is 0 Å². The molecule has 5 aromatic rings. The van der Waals surface area contributed by atoms with Gasteiger partial charge in [0, 0.05) is 12.2 Å². The fraction of sp³-hybridized carbons (Fsp3) is 0.111. The Morgan fingerprint density at radius 1 is 1.08 bits per heavy atom. The smallest absolute Gasteiger partial charge is 0.328 e. The first-order valence-electron chi connectivity index (χ1n) is 11.6. The summed E-state index contributed by atoms with van der Waals surface area (Å²) in [5.74, 6) is -1.98. The second-order valence-corrected chi connectivity index (χ2v) is 8.12. The van der Waals surface area contributed by atoms with E-state index >= 15 is 0 Å². The molecule has 0 spiro atoms. The predicted octanol–water partition coefficient (Wildman–Crippen LogP) is 4.54. The largest absolute Gasteiger partial charge is 0.478 e. The highest BCUT2D eigenvalue weighted by atomic mass is 19.1. The number of carboxylic acid groups (broad SMARTS) is 2. The zero-order chi connectivity index (χ0) is 27.9. The molecule has 4 N–H and O–H groups in total. The number of halogens is 1. The van der Waals surface area contributed by atoms with Gasteiger partial charge < -0.3 is 24.9 Å². The quantitative estimate of drug-likeness (QED) is 0.219. The molecule has 0 radical (unpaired) electrons. The number of aliphatic carboxylic acids is 2. The molecule has 1 unspecified atom stereocenters. The fourth-order valence-corrected chi connectivity index (χ4v) is 3.86. The van der Waals surface area contributed by atoms with Crippen LogP contribution in [0.15, 0.2) is 82.5 Å². The van der Waals surface area contributed by atoms with E-state index in [1.807, 2.05) is 13.0 Å². The summed E-state index contributed by atoms with van der Waals surface area (Å²) in [5.41, 5.74) is 2.22. The maximum absolute atomic E-state index is 14.0. The molecule has 0 aliphatic heterocycles. The van der Waals surface area contributed by atoms with Crippen LogP contribution in [-0.4, -0.2) is 42.1 Å². The van der Waals surface area contributed by atoms with E-state index in [9.17, 15) is 18.8 Å². The van der Waals surface area contributed by atoms with E-state index in [2.05, 4.69) is 25.3 Å². The number of aromatic nitrogens is 4. The maximum atomic E-state index is 14.0. The van der Waals surface area contributed by atoms with Gasteiger partial charge in [-0.1, -0.05) is 31.2 Å². The highest BCUT2D eigenvalue weighted by molar-refractivity contribution is 5.89.